The second-order valence-corrected chi connectivity index (χ2v) is 4.05. The molecule has 4 N–H and O–H groups in total. The lowest BCUT2D eigenvalue weighted by atomic mass is 10.1. The Morgan fingerprint density at radius 1 is 1.43 bits per heavy atom. The van der Waals surface area contributed by atoms with Gasteiger partial charge in [0.05, 0.1) is 11.9 Å². The van der Waals surface area contributed by atoms with Crippen LogP contribution in [0.1, 0.15) is 16.1 Å². The minimum absolute atomic E-state index is 0.0922. The molecule has 1 aliphatic rings. The lowest BCUT2D eigenvalue weighted by Gasteiger charge is -2.18. The van der Waals surface area contributed by atoms with Crippen LogP contribution >= 0.6 is 0 Å². The third-order valence-electron chi connectivity index (χ3n) is 2.56. The minimum atomic E-state index is -1.09. The van der Waals surface area contributed by atoms with Gasteiger partial charge in [0, 0.05) is 12.6 Å². The van der Waals surface area contributed by atoms with E-state index in [1.54, 1.807) is 0 Å². The summed E-state index contributed by atoms with van der Waals surface area (Å²) in [5.41, 5.74) is 7.15. The van der Waals surface area contributed by atoms with Gasteiger partial charge in [0.1, 0.15) is 5.75 Å². The highest BCUT2D eigenvalue weighted by Crippen LogP contribution is 2.28. The van der Waals surface area contributed by atoms with Crippen molar-refractivity contribution >= 4 is 17.6 Å². The molecule has 0 bridgehead atoms. The van der Waals surface area contributed by atoms with Crippen LogP contribution in [0.2, 0.25) is 0 Å². The number of ether oxygens (including phenoxy) is 1. The average Bonchev–Trinajstić information content (AvgIpc) is 3.01. The maximum atomic E-state index is 11.0. The average molecular weight is 291 g/mol. The fourth-order valence-electron chi connectivity index (χ4n) is 1.58. The summed E-state index contributed by atoms with van der Waals surface area (Å²) < 4.78 is 9.43. The summed E-state index contributed by atoms with van der Waals surface area (Å²) in [4.78, 5) is 20.9. The lowest BCUT2D eigenvalue weighted by Crippen LogP contribution is -2.25. The zero-order valence-electron chi connectivity index (χ0n) is 10.9. The van der Waals surface area contributed by atoms with Crippen molar-refractivity contribution in [3.05, 3.63) is 41.8 Å². The van der Waals surface area contributed by atoms with Gasteiger partial charge in [-0.25, -0.2) is 4.79 Å². The van der Waals surface area contributed by atoms with E-state index in [1.807, 2.05) is 18.2 Å². The van der Waals surface area contributed by atoms with E-state index in [4.69, 9.17) is 15.6 Å². The van der Waals surface area contributed by atoms with Crippen molar-refractivity contribution in [2.75, 3.05) is 11.9 Å². The number of aromatic carboxylic acids is 1. The molecule has 8 heteroatoms. The third-order valence-corrected chi connectivity index (χ3v) is 2.56. The van der Waals surface area contributed by atoms with Crippen LogP contribution in [0.4, 0.5) is 5.69 Å². The van der Waals surface area contributed by atoms with Crippen LogP contribution in [0.15, 0.2) is 35.0 Å². The van der Waals surface area contributed by atoms with E-state index in [1.165, 1.54) is 12.3 Å². The van der Waals surface area contributed by atoms with Crippen LogP contribution in [0.5, 0.6) is 5.75 Å². The molecule has 2 heterocycles. The quantitative estimate of drug-likeness (QED) is 0.748. The highest BCUT2D eigenvalue weighted by Gasteiger charge is 2.15. The second kappa shape index (κ2) is 6.53. The van der Waals surface area contributed by atoms with Gasteiger partial charge in [-0.2, -0.15) is 0 Å². The summed E-state index contributed by atoms with van der Waals surface area (Å²) >= 11 is 0. The third kappa shape index (κ3) is 3.80. The number of carboxylic acid groups (broad SMARTS) is 1. The van der Waals surface area contributed by atoms with Gasteiger partial charge >= 0.3 is 5.97 Å². The van der Waals surface area contributed by atoms with E-state index < -0.39 is 5.97 Å². The van der Waals surface area contributed by atoms with E-state index in [2.05, 4.69) is 15.0 Å². The molecule has 1 amide bonds. The number of nitrogens with zero attached hydrogens (tertiary/aromatic N) is 1. The maximum absolute atomic E-state index is 11.0. The molecule has 0 spiro atoms. The normalized spacial score (nSPS) is 12.3. The number of amides is 1. The molecule has 21 heavy (non-hydrogen) atoms. The van der Waals surface area contributed by atoms with E-state index >= 15 is 0 Å². The molecule has 1 aromatic carbocycles. The number of rotatable bonds is 2. The topological polar surface area (TPSA) is 128 Å². The number of benzene rings is 1. The molecule has 3 rings (SSSR count). The summed E-state index contributed by atoms with van der Waals surface area (Å²) in [5, 5.41) is 14.0. The van der Waals surface area contributed by atoms with Crippen LogP contribution in [0.25, 0.3) is 0 Å². The highest BCUT2D eigenvalue weighted by atomic mass is 16.5. The molecule has 110 valence electrons. The number of fused-ring (bicyclic) bond motifs is 1. The molecular formula is C13H13N3O5. The van der Waals surface area contributed by atoms with Crippen LogP contribution in [0, 0.1) is 0 Å². The molecule has 0 radical (unpaired) electrons. The van der Waals surface area contributed by atoms with Crippen LogP contribution in [0.3, 0.4) is 0 Å². The monoisotopic (exact) mass is 291 g/mol. The smallest absolute Gasteiger partial charge is 0.374 e. The summed E-state index contributed by atoms with van der Waals surface area (Å²) in [5.74, 6) is -0.647. The van der Waals surface area contributed by atoms with Gasteiger partial charge in [-0.05, 0) is 17.7 Å². The minimum Gasteiger partial charge on any atom is -0.482 e. The molecule has 0 unspecified atom stereocenters. The standard InChI is InChI=1S/C9H10N2O2.C4H3NO3/c10-4-6-1-2-8-7(3-6)11-9(12)5-13-8;6-4(7)3-1-2-5-8-3/h1-3H,4-5,10H2,(H,11,12);1-2H,(H,6,7). The van der Waals surface area contributed by atoms with Gasteiger partial charge in [0.2, 0.25) is 5.76 Å². The van der Waals surface area contributed by atoms with Gasteiger partial charge in [-0.1, -0.05) is 11.2 Å². The fourth-order valence-corrected chi connectivity index (χ4v) is 1.58. The van der Waals surface area contributed by atoms with Gasteiger partial charge in [-0.3, -0.25) is 4.79 Å². The predicted molar refractivity (Wildman–Crippen MR) is 71.9 cm³/mol. The van der Waals surface area contributed by atoms with Crippen molar-refractivity contribution in [1.29, 1.82) is 0 Å². The Morgan fingerprint density at radius 3 is 2.81 bits per heavy atom. The second-order valence-electron chi connectivity index (χ2n) is 4.05. The van der Waals surface area contributed by atoms with Crippen molar-refractivity contribution in [1.82, 2.24) is 5.16 Å². The van der Waals surface area contributed by atoms with Crippen LogP contribution in [-0.4, -0.2) is 28.7 Å². The Kier molecular flexibility index (Phi) is 4.52. The van der Waals surface area contributed by atoms with Crippen LogP contribution in [-0.2, 0) is 11.3 Å². The Labute approximate surface area is 119 Å². The van der Waals surface area contributed by atoms with E-state index in [0.717, 1.165) is 5.56 Å². The number of aromatic nitrogens is 1. The molecule has 1 aliphatic heterocycles. The number of carboxylic acids is 1. The summed E-state index contributed by atoms with van der Waals surface area (Å²) in [6.45, 7) is 0.554. The molecule has 0 atom stereocenters. The number of anilines is 1. The largest absolute Gasteiger partial charge is 0.482 e. The molecule has 0 aliphatic carbocycles. The summed E-state index contributed by atoms with van der Waals surface area (Å²) in [7, 11) is 0. The molecule has 0 fully saturated rings. The number of carbonyl (C=O) groups is 2. The maximum Gasteiger partial charge on any atom is 0.374 e. The first-order chi connectivity index (χ1) is 10.1. The van der Waals surface area contributed by atoms with Crippen molar-refractivity contribution in [2.45, 2.75) is 6.54 Å². The van der Waals surface area contributed by atoms with Gasteiger partial charge in [0.15, 0.2) is 6.61 Å². The van der Waals surface area contributed by atoms with Gasteiger partial charge < -0.3 is 25.4 Å². The summed E-state index contributed by atoms with van der Waals surface area (Å²) in [6.07, 6.45) is 1.28. The number of carbonyl (C=O) groups excluding carboxylic acids is 1. The Bertz CT molecular complexity index is 639. The lowest BCUT2D eigenvalue weighted by molar-refractivity contribution is -0.118. The number of hydrogen-bond donors (Lipinski definition) is 3. The summed E-state index contributed by atoms with van der Waals surface area (Å²) in [6, 6.07) is 6.81. The zero-order valence-corrected chi connectivity index (χ0v) is 10.9. The Balaban J connectivity index is 0.000000173. The van der Waals surface area contributed by atoms with Crippen molar-refractivity contribution in [2.24, 2.45) is 5.73 Å². The molecule has 0 saturated carbocycles. The molecular weight excluding hydrogens is 278 g/mol. The number of hydrogen-bond acceptors (Lipinski definition) is 6. The van der Waals surface area contributed by atoms with E-state index in [9.17, 15) is 9.59 Å². The first kappa shape index (κ1) is 14.5. The van der Waals surface area contributed by atoms with Crippen molar-refractivity contribution in [3.8, 4) is 5.75 Å². The van der Waals surface area contributed by atoms with Crippen molar-refractivity contribution < 1.29 is 24.0 Å². The fraction of sp³-hybridized carbons (Fsp3) is 0.154. The van der Waals surface area contributed by atoms with Crippen LogP contribution < -0.4 is 15.8 Å². The van der Waals surface area contributed by atoms with E-state index in [-0.39, 0.29) is 18.3 Å². The SMILES string of the molecule is NCc1ccc2c(c1)NC(=O)CO2.O=C(O)c1ccno1. The molecule has 1 aromatic heterocycles. The Hall–Kier alpha value is -2.87. The molecule has 8 nitrogen and oxygen atoms in total. The van der Waals surface area contributed by atoms with E-state index in [0.29, 0.717) is 18.0 Å². The zero-order chi connectivity index (χ0) is 15.2. The predicted octanol–water partition coefficient (Wildman–Crippen LogP) is 0.849. The van der Waals surface area contributed by atoms with Crippen molar-refractivity contribution in [3.63, 3.8) is 0 Å². The first-order valence-corrected chi connectivity index (χ1v) is 5.99. The molecule has 2 aromatic rings. The Morgan fingerprint density at radius 2 is 2.24 bits per heavy atom. The van der Waals surface area contributed by atoms with Gasteiger partial charge in [0.25, 0.3) is 5.91 Å². The molecule has 0 saturated heterocycles. The first-order valence-electron chi connectivity index (χ1n) is 5.99. The van der Waals surface area contributed by atoms with Gasteiger partial charge in [-0.15, -0.1) is 0 Å². The highest BCUT2D eigenvalue weighted by molar-refractivity contribution is 5.95. The number of nitrogens with two attached hydrogens (primary N) is 1. The number of nitrogens with one attached hydrogen (secondary N) is 1.